The summed E-state index contributed by atoms with van der Waals surface area (Å²) in [7, 11) is 1.54. The number of carboxylic acid groups (broad SMARTS) is 1. The maximum Gasteiger partial charge on any atom is 0.339 e. The molecular formula is C19H23NO6. The van der Waals surface area contributed by atoms with E-state index in [0.29, 0.717) is 41.1 Å². The lowest BCUT2D eigenvalue weighted by Gasteiger charge is -2.14. The molecule has 0 saturated carbocycles. The number of methoxy groups -OCH3 is 1. The average molecular weight is 361 g/mol. The van der Waals surface area contributed by atoms with Crippen LogP contribution in [0.5, 0.6) is 11.5 Å². The summed E-state index contributed by atoms with van der Waals surface area (Å²) in [5.74, 6) is 0.572. The van der Waals surface area contributed by atoms with Crippen LogP contribution in [0.3, 0.4) is 0 Å². The average Bonchev–Trinajstić information content (AvgIpc) is 2.98. The van der Waals surface area contributed by atoms with Gasteiger partial charge in [-0.05, 0) is 31.0 Å². The molecule has 0 aliphatic heterocycles. The third kappa shape index (κ3) is 4.78. The maximum absolute atomic E-state index is 12.5. The summed E-state index contributed by atoms with van der Waals surface area (Å²) in [6, 6.07) is 6.37. The number of carbonyl (C=O) groups is 2. The molecule has 140 valence electrons. The van der Waals surface area contributed by atoms with Crippen molar-refractivity contribution in [3.63, 3.8) is 0 Å². The van der Waals surface area contributed by atoms with E-state index < -0.39 is 5.97 Å². The van der Waals surface area contributed by atoms with Crippen LogP contribution in [0.4, 0.5) is 0 Å². The summed E-state index contributed by atoms with van der Waals surface area (Å²) in [4.78, 5) is 23.6. The smallest absolute Gasteiger partial charge is 0.339 e. The summed E-state index contributed by atoms with van der Waals surface area (Å²) in [5, 5.41) is 11.8. The molecule has 0 aliphatic carbocycles. The van der Waals surface area contributed by atoms with Crippen molar-refractivity contribution in [3.05, 3.63) is 46.9 Å². The van der Waals surface area contributed by atoms with E-state index in [-0.39, 0.29) is 18.0 Å². The van der Waals surface area contributed by atoms with E-state index in [0.717, 1.165) is 0 Å². The Morgan fingerprint density at radius 3 is 2.54 bits per heavy atom. The molecule has 7 heteroatoms. The Balaban J connectivity index is 2.13. The van der Waals surface area contributed by atoms with Gasteiger partial charge in [-0.1, -0.05) is 13.8 Å². The molecule has 0 spiro atoms. The number of carbonyl (C=O) groups excluding carboxylic acids is 1. The van der Waals surface area contributed by atoms with E-state index in [1.54, 1.807) is 32.2 Å². The molecule has 0 aliphatic rings. The van der Waals surface area contributed by atoms with Crippen molar-refractivity contribution in [3.8, 4) is 11.5 Å². The molecular weight excluding hydrogens is 338 g/mol. The van der Waals surface area contributed by atoms with E-state index in [1.807, 2.05) is 13.8 Å². The largest absolute Gasteiger partial charge is 0.497 e. The highest BCUT2D eigenvalue weighted by atomic mass is 16.5. The second-order valence-electron chi connectivity index (χ2n) is 6.24. The Labute approximate surface area is 151 Å². The van der Waals surface area contributed by atoms with Gasteiger partial charge in [-0.2, -0.15) is 0 Å². The van der Waals surface area contributed by atoms with E-state index in [4.69, 9.17) is 19.0 Å². The molecule has 0 radical (unpaired) electrons. The van der Waals surface area contributed by atoms with Gasteiger partial charge in [-0.3, -0.25) is 4.79 Å². The zero-order valence-electron chi connectivity index (χ0n) is 15.3. The minimum absolute atomic E-state index is 0.0720. The number of amides is 1. The fourth-order valence-corrected chi connectivity index (χ4v) is 2.30. The van der Waals surface area contributed by atoms with E-state index in [9.17, 15) is 9.59 Å². The van der Waals surface area contributed by atoms with Gasteiger partial charge < -0.3 is 24.3 Å². The van der Waals surface area contributed by atoms with Crippen LogP contribution in [0, 0.1) is 12.8 Å². The van der Waals surface area contributed by atoms with Gasteiger partial charge in [-0.15, -0.1) is 0 Å². The third-order valence-electron chi connectivity index (χ3n) is 3.63. The monoisotopic (exact) mass is 361 g/mol. The van der Waals surface area contributed by atoms with Crippen LogP contribution in [0.1, 0.15) is 46.1 Å². The first kappa shape index (κ1) is 19.4. The second kappa shape index (κ2) is 8.42. The van der Waals surface area contributed by atoms with Crippen LogP contribution < -0.4 is 14.8 Å². The van der Waals surface area contributed by atoms with Crippen molar-refractivity contribution in [2.45, 2.75) is 27.3 Å². The van der Waals surface area contributed by atoms with E-state index >= 15 is 0 Å². The molecule has 1 heterocycles. The van der Waals surface area contributed by atoms with Gasteiger partial charge in [0.25, 0.3) is 5.91 Å². The topological polar surface area (TPSA) is 98.0 Å². The minimum Gasteiger partial charge on any atom is -0.497 e. The van der Waals surface area contributed by atoms with Crippen LogP contribution >= 0.6 is 0 Å². The van der Waals surface area contributed by atoms with Crippen LogP contribution in [0.25, 0.3) is 0 Å². The highest BCUT2D eigenvalue weighted by Gasteiger charge is 2.17. The summed E-state index contributed by atoms with van der Waals surface area (Å²) in [5.41, 5.74) is 0.452. The fraction of sp³-hybridized carbons (Fsp3) is 0.368. The Morgan fingerprint density at radius 1 is 1.23 bits per heavy atom. The molecule has 1 amide bonds. The van der Waals surface area contributed by atoms with Crippen LogP contribution in [0.15, 0.2) is 28.7 Å². The number of aromatic carboxylic acids is 1. The molecule has 0 unspecified atom stereocenters. The summed E-state index contributed by atoms with van der Waals surface area (Å²) < 4.78 is 16.3. The first-order chi connectivity index (χ1) is 12.3. The van der Waals surface area contributed by atoms with Gasteiger partial charge >= 0.3 is 5.97 Å². The van der Waals surface area contributed by atoms with Gasteiger partial charge in [0.1, 0.15) is 28.6 Å². The fourth-order valence-electron chi connectivity index (χ4n) is 2.30. The van der Waals surface area contributed by atoms with Gasteiger partial charge in [0, 0.05) is 6.07 Å². The molecule has 0 fully saturated rings. The van der Waals surface area contributed by atoms with Crippen molar-refractivity contribution in [1.82, 2.24) is 5.32 Å². The Kier molecular flexibility index (Phi) is 6.27. The highest BCUT2D eigenvalue weighted by molar-refractivity contribution is 5.97. The quantitative estimate of drug-likeness (QED) is 0.749. The lowest BCUT2D eigenvalue weighted by molar-refractivity contribution is 0.0694. The molecule has 26 heavy (non-hydrogen) atoms. The second-order valence-corrected chi connectivity index (χ2v) is 6.24. The van der Waals surface area contributed by atoms with Crippen LogP contribution in [-0.2, 0) is 6.54 Å². The summed E-state index contributed by atoms with van der Waals surface area (Å²) in [6.07, 6.45) is 0. The zero-order valence-corrected chi connectivity index (χ0v) is 15.3. The summed E-state index contributed by atoms with van der Waals surface area (Å²) in [6.45, 7) is 6.13. The predicted molar refractivity (Wildman–Crippen MR) is 94.9 cm³/mol. The highest BCUT2D eigenvalue weighted by Crippen LogP contribution is 2.25. The zero-order chi connectivity index (χ0) is 19.3. The van der Waals surface area contributed by atoms with Crippen molar-refractivity contribution < 1.29 is 28.6 Å². The van der Waals surface area contributed by atoms with Crippen molar-refractivity contribution >= 4 is 11.9 Å². The number of carboxylic acids is 1. The molecule has 0 atom stereocenters. The van der Waals surface area contributed by atoms with Gasteiger partial charge in [0.15, 0.2) is 0 Å². The predicted octanol–water partition coefficient (Wildman–Crippen LogP) is 3.26. The Hall–Kier alpha value is -2.96. The first-order valence-corrected chi connectivity index (χ1v) is 8.23. The molecule has 0 saturated heterocycles. The minimum atomic E-state index is -1.07. The number of aryl methyl sites for hydroxylation is 1. The lowest BCUT2D eigenvalue weighted by atomic mass is 10.1. The maximum atomic E-state index is 12.5. The molecule has 1 aromatic heterocycles. The van der Waals surface area contributed by atoms with Gasteiger partial charge in [0.05, 0.1) is 25.8 Å². The van der Waals surface area contributed by atoms with Crippen molar-refractivity contribution in [2.75, 3.05) is 13.7 Å². The van der Waals surface area contributed by atoms with Crippen molar-refractivity contribution in [2.24, 2.45) is 5.92 Å². The van der Waals surface area contributed by atoms with Crippen LogP contribution in [0.2, 0.25) is 0 Å². The van der Waals surface area contributed by atoms with Crippen LogP contribution in [-0.4, -0.2) is 30.7 Å². The number of benzene rings is 1. The Bertz CT molecular complexity index is 793. The van der Waals surface area contributed by atoms with E-state index in [2.05, 4.69) is 5.32 Å². The number of hydrogen-bond acceptors (Lipinski definition) is 5. The summed E-state index contributed by atoms with van der Waals surface area (Å²) >= 11 is 0. The molecule has 2 N–H and O–H groups in total. The molecule has 2 rings (SSSR count). The number of nitrogens with one attached hydrogen (secondary N) is 1. The number of furan rings is 1. The van der Waals surface area contributed by atoms with Gasteiger partial charge in [-0.25, -0.2) is 4.79 Å². The lowest BCUT2D eigenvalue weighted by Crippen LogP contribution is -2.23. The van der Waals surface area contributed by atoms with Gasteiger partial charge in [0.2, 0.25) is 0 Å². The molecule has 1 aromatic carbocycles. The van der Waals surface area contributed by atoms with Crippen molar-refractivity contribution in [1.29, 1.82) is 0 Å². The molecule has 7 nitrogen and oxygen atoms in total. The number of hydrogen-bond donors (Lipinski definition) is 2. The molecule has 2 aromatic rings. The number of rotatable bonds is 8. The molecule has 0 bridgehead atoms. The third-order valence-corrected chi connectivity index (χ3v) is 3.63. The van der Waals surface area contributed by atoms with E-state index in [1.165, 1.54) is 6.07 Å². The first-order valence-electron chi connectivity index (χ1n) is 8.23. The standard InChI is InChI=1S/C19H23NO6/c1-11(2)10-25-17-8-13(24-4)5-6-15(17)18(21)20-9-14-7-16(19(22)23)12(3)26-14/h5-8,11H,9-10H2,1-4H3,(H,20,21)(H,22,23). The normalized spacial score (nSPS) is 10.7. The SMILES string of the molecule is COc1ccc(C(=O)NCc2cc(C(=O)O)c(C)o2)c(OCC(C)C)c1. The Morgan fingerprint density at radius 2 is 1.96 bits per heavy atom. The number of ether oxygens (including phenoxy) is 2.